The Balaban J connectivity index is 3.67. The first kappa shape index (κ1) is 13.2. The normalized spacial score (nSPS) is 16.2. The van der Waals surface area contributed by atoms with Gasteiger partial charge in [0.1, 0.15) is 0 Å². The maximum absolute atomic E-state index is 9.94. The lowest BCUT2D eigenvalue weighted by Gasteiger charge is -2.02. The molecule has 0 amide bonds. The first-order valence-electron chi connectivity index (χ1n) is 5.39. The molecule has 0 N–H and O–H groups in total. The summed E-state index contributed by atoms with van der Waals surface area (Å²) in [4.78, 5) is 9.94. The Morgan fingerprint density at radius 1 is 1.14 bits per heavy atom. The minimum Gasteiger partial charge on any atom is -0.291 e. The average Bonchev–Trinajstić information content (AvgIpc) is 2.18. The summed E-state index contributed by atoms with van der Waals surface area (Å²) < 4.78 is 0. The van der Waals surface area contributed by atoms with Crippen molar-refractivity contribution >= 4 is 6.29 Å². The Kier molecular flexibility index (Phi) is 8.20. The fourth-order valence-electron chi connectivity index (χ4n) is 1.09. The second-order valence-electron chi connectivity index (χ2n) is 3.80. The van der Waals surface area contributed by atoms with Crippen molar-refractivity contribution in [1.82, 2.24) is 0 Å². The Morgan fingerprint density at radius 3 is 2.36 bits per heavy atom. The van der Waals surface area contributed by atoms with Gasteiger partial charge in [-0.2, -0.15) is 0 Å². The van der Waals surface area contributed by atoms with Crippen LogP contribution in [0.5, 0.6) is 0 Å². The van der Waals surface area contributed by atoms with E-state index in [1.807, 2.05) is 12.4 Å². The van der Waals surface area contributed by atoms with E-state index in [4.69, 9.17) is 0 Å². The van der Waals surface area contributed by atoms with Crippen LogP contribution in [0.4, 0.5) is 0 Å². The van der Waals surface area contributed by atoms with Gasteiger partial charge in [0, 0.05) is 6.42 Å². The molecular formula is C13H21O. The van der Waals surface area contributed by atoms with Crippen LogP contribution >= 0.6 is 0 Å². The van der Waals surface area contributed by atoms with Gasteiger partial charge in [-0.05, 0) is 18.3 Å². The molecule has 79 valence electrons. The molecular weight excluding hydrogens is 172 g/mol. The summed E-state index contributed by atoms with van der Waals surface area (Å²) in [7, 11) is 0. The Bertz CT molecular complexity index is 191. The lowest BCUT2D eigenvalue weighted by atomic mass is 10.0. The van der Waals surface area contributed by atoms with E-state index >= 15 is 0 Å². The molecule has 0 aromatic rings. The molecule has 0 aliphatic heterocycles. The second kappa shape index (κ2) is 8.74. The van der Waals surface area contributed by atoms with Gasteiger partial charge in [-0.25, -0.2) is 0 Å². The number of allylic oxidation sites excluding steroid dienone is 4. The van der Waals surface area contributed by atoms with E-state index in [-0.39, 0.29) is 0 Å². The van der Waals surface area contributed by atoms with E-state index in [2.05, 4.69) is 39.0 Å². The van der Waals surface area contributed by atoms with Crippen molar-refractivity contribution < 1.29 is 4.79 Å². The monoisotopic (exact) mass is 193 g/mol. The van der Waals surface area contributed by atoms with E-state index < -0.39 is 0 Å². The van der Waals surface area contributed by atoms with Crippen LogP contribution in [-0.4, -0.2) is 6.29 Å². The first-order chi connectivity index (χ1) is 6.70. The van der Waals surface area contributed by atoms with Crippen molar-refractivity contribution in [1.29, 1.82) is 0 Å². The molecule has 0 spiro atoms. The van der Waals surface area contributed by atoms with Gasteiger partial charge in [-0.1, -0.05) is 51.5 Å². The van der Waals surface area contributed by atoms with Crippen LogP contribution in [0.3, 0.4) is 0 Å². The molecule has 2 atom stereocenters. The maximum Gasteiger partial charge on any atom is 0.202 e. The average molecular weight is 193 g/mol. The number of hydrogen-bond acceptors (Lipinski definition) is 1. The molecule has 0 aliphatic carbocycles. The van der Waals surface area contributed by atoms with Crippen molar-refractivity contribution in [2.45, 2.75) is 40.0 Å². The van der Waals surface area contributed by atoms with Crippen molar-refractivity contribution in [3.63, 3.8) is 0 Å². The third-order valence-electron chi connectivity index (χ3n) is 2.28. The number of carbonyl (C=O) groups excluding carboxylic acids is 1. The van der Waals surface area contributed by atoms with Gasteiger partial charge in [-0.3, -0.25) is 4.79 Å². The Labute approximate surface area is 87.9 Å². The largest absolute Gasteiger partial charge is 0.291 e. The Morgan fingerprint density at radius 2 is 1.79 bits per heavy atom. The predicted molar refractivity (Wildman–Crippen MR) is 61.8 cm³/mol. The lowest BCUT2D eigenvalue weighted by molar-refractivity contribution is 0.556. The molecule has 2 unspecified atom stereocenters. The van der Waals surface area contributed by atoms with Crippen molar-refractivity contribution in [2.75, 3.05) is 0 Å². The molecule has 0 fully saturated rings. The van der Waals surface area contributed by atoms with Crippen LogP contribution in [0, 0.1) is 11.8 Å². The van der Waals surface area contributed by atoms with Gasteiger partial charge in [0.05, 0.1) is 0 Å². The van der Waals surface area contributed by atoms with Crippen LogP contribution in [-0.2, 0) is 4.79 Å². The van der Waals surface area contributed by atoms with E-state index in [0.717, 1.165) is 6.42 Å². The van der Waals surface area contributed by atoms with Crippen molar-refractivity contribution in [2.24, 2.45) is 11.8 Å². The van der Waals surface area contributed by atoms with Crippen LogP contribution in [0.1, 0.15) is 40.0 Å². The molecule has 14 heavy (non-hydrogen) atoms. The van der Waals surface area contributed by atoms with Gasteiger partial charge in [0.15, 0.2) is 0 Å². The molecule has 0 saturated carbocycles. The zero-order valence-electron chi connectivity index (χ0n) is 9.49. The fourth-order valence-corrected chi connectivity index (χ4v) is 1.09. The summed E-state index contributed by atoms with van der Waals surface area (Å²) >= 11 is 0. The molecule has 0 rings (SSSR count). The van der Waals surface area contributed by atoms with Gasteiger partial charge in [-0.15, -0.1) is 0 Å². The Hall–Kier alpha value is -0.850. The summed E-state index contributed by atoms with van der Waals surface area (Å²) in [6.07, 6.45) is 13.0. The highest BCUT2D eigenvalue weighted by atomic mass is 16.1. The van der Waals surface area contributed by atoms with E-state index in [9.17, 15) is 4.79 Å². The number of rotatable bonds is 7. The van der Waals surface area contributed by atoms with E-state index in [1.54, 1.807) is 0 Å². The highest BCUT2D eigenvalue weighted by molar-refractivity contribution is 5.52. The third kappa shape index (κ3) is 7.78. The fraction of sp³-hybridized carbons (Fsp3) is 0.615. The zero-order chi connectivity index (χ0) is 10.8. The smallest absolute Gasteiger partial charge is 0.202 e. The highest BCUT2D eigenvalue weighted by Crippen LogP contribution is 2.08. The van der Waals surface area contributed by atoms with E-state index in [0.29, 0.717) is 18.3 Å². The van der Waals surface area contributed by atoms with Crippen LogP contribution in [0.15, 0.2) is 24.3 Å². The molecule has 1 heteroatoms. The molecule has 0 aromatic carbocycles. The SMILES string of the molecule is CCC(C)C=CCC(C)C=CC[C]=O. The topological polar surface area (TPSA) is 17.1 Å². The highest BCUT2D eigenvalue weighted by Gasteiger charge is 1.94. The molecule has 0 bridgehead atoms. The first-order valence-corrected chi connectivity index (χ1v) is 5.39. The summed E-state index contributed by atoms with van der Waals surface area (Å²) in [6, 6.07) is 0. The molecule has 1 nitrogen and oxygen atoms in total. The van der Waals surface area contributed by atoms with Crippen LogP contribution in [0.2, 0.25) is 0 Å². The van der Waals surface area contributed by atoms with Gasteiger partial charge in [0.25, 0.3) is 0 Å². The summed E-state index contributed by atoms with van der Waals surface area (Å²) in [5.41, 5.74) is 0. The molecule has 0 aliphatic rings. The molecule has 0 aromatic heterocycles. The van der Waals surface area contributed by atoms with Gasteiger partial charge < -0.3 is 0 Å². The van der Waals surface area contributed by atoms with Crippen molar-refractivity contribution in [3.8, 4) is 0 Å². The minimum atomic E-state index is 0.416. The second-order valence-corrected chi connectivity index (χ2v) is 3.80. The van der Waals surface area contributed by atoms with Crippen LogP contribution in [0.25, 0.3) is 0 Å². The minimum absolute atomic E-state index is 0.416. The number of hydrogen-bond donors (Lipinski definition) is 0. The van der Waals surface area contributed by atoms with Gasteiger partial charge >= 0.3 is 0 Å². The molecule has 0 saturated heterocycles. The van der Waals surface area contributed by atoms with Gasteiger partial charge in [0.2, 0.25) is 6.29 Å². The summed E-state index contributed by atoms with van der Waals surface area (Å²) in [5.74, 6) is 1.19. The summed E-state index contributed by atoms with van der Waals surface area (Å²) in [6.45, 7) is 6.57. The lowest BCUT2D eigenvalue weighted by Crippen LogP contribution is -1.88. The standard InChI is InChI=1S/C13H21O/c1-4-12(2)9-7-10-13(3)8-5-6-11-14/h5,7-9,12-13H,4,6,10H2,1-3H3. The molecule has 0 heterocycles. The maximum atomic E-state index is 9.94. The predicted octanol–water partition coefficient (Wildman–Crippen LogP) is 3.67. The quantitative estimate of drug-likeness (QED) is 0.564. The summed E-state index contributed by atoms with van der Waals surface area (Å²) in [5, 5.41) is 0. The molecule has 1 radical (unpaired) electrons. The van der Waals surface area contributed by atoms with Crippen LogP contribution < -0.4 is 0 Å². The van der Waals surface area contributed by atoms with Crippen molar-refractivity contribution in [3.05, 3.63) is 24.3 Å². The van der Waals surface area contributed by atoms with E-state index in [1.165, 1.54) is 6.42 Å². The zero-order valence-corrected chi connectivity index (χ0v) is 9.49. The third-order valence-corrected chi connectivity index (χ3v) is 2.28.